The summed E-state index contributed by atoms with van der Waals surface area (Å²) in [6.07, 6.45) is 2.38. The summed E-state index contributed by atoms with van der Waals surface area (Å²) in [7, 11) is 2.82. The minimum Gasteiger partial charge on any atom is -0.493 e. The number of hydrogen-bond donors (Lipinski definition) is 1. The fraction of sp³-hybridized carbons (Fsp3) is 0.308. The zero-order valence-corrected chi connectivity index (χ0v) is 11.4. The summed E-state index contributed by atoms with van der Waals surface area (Å²) >= 11 is 0. The number of ether oxygens (including phenoxy) is 3. The van der Waals surface area contributed by atoms with E-state index in [2.05, 4.69) is 19.9 Å². The minimum absolute atomic E-state index is 0.369. The van der Waals surface area contributed by atoms with Crippen LogP contribution in [0.15, 0.2) is 24.5 Å². The monoisotopic (exact) mass is 277 g/mol. The average Bonchev–Trinajstić information content (AvgIpc) is 3.00. The van der Waals surface area contributed by atoms with Crippen LogP contribution in [0.4, 0.5) is 0 Å². The van der Waals surface area contributed by atoms with Crippen LogP contribution in [-0.4, -0.2) is 41.5 Å². The molecule has 0 aromatic carbocycles. The fourth-order valence-corrected chi connectivity index (χ4v) is 1.62. The SMILES string of the molecule is COC(=O)[C@H](C)Oc1cnc(-c2ccn[nH]2)cc1OC. The average molecular weight is 277 g/mol. The maximum absolute atomic E-state index is 11.3. The largest absolute Gasteiger partial charge is 0.493 e. The fourth-order valence-electron chi connectivity index (χ4n) is 1.62. The highest BCUT2D eigenvalue weighted by Crippen LogP contribution is 2.30. The quantitative estimate of drug-likeness (QED) is 0.832. The van der Waals surface area contributed by atoms with Crippen LogP contribution in [0.25, 0.3) is 11.4 Å². The minimum atomic E-state index is -0.742. The van der Waals surface area contributed by atoms with Crippen LogP contribution in [0, 0.1) is 0 Å². The third-order valence-corrected chi connectivity index (χ3v) is 2.67. The summed E-state index contributed by atoms with van der Waals surface area (Å²) in [6, 6.07) is 3.49. The van der Waals surface area contributed by atoms with E-state index in [1.54, 1.807) is 25.3 Å². The van der Waals surface area contributed by atoms with E-state index in [4.69, 9.17) is 9.47 Å². The molecule has 2 aromatic rings. The number of pyridine rings is 1. The molecule has 0 saturated carbocycles. The predicted octanol–water partition coefficient (Wildman–Crippen LogP) is 1.42. The molecule has 0 unspecified atom stereocenters. The maximum atomic E-state index is 11.3. The van der Waals surface area contributed by atoms with Crippen molar-refractivity contribution in [3.8, 4) is 22.9 Å². The summed E-state index contributed by atoms with van der Waals surface area (Å²) in [6.45, 7) is 1.59. The molecule has 106 valence electrons. The number of nitrogens with zero attached hydrogens (tertiary/aromatic N) is 2. The van der Waals surface area contributed by atoms with Crippen molar-refractivity contribution < 1.29 is 19.0 Å². The summed E-state index contributed by atoms with van der Waals surface area (Å²) in [5.41, 5.74) is 1.42. The van der Waals surface area contributed by atoms with Crippen LogP contribution in [0.5, 0.6) is 11.5 Å². The van der Waals surface area contributed by atoms with Crippen molar-refractivity contribution >= 4 is 5.97 Å². The van der Waals surface area contributed by atoms with Crippen molar-refractivity contribution in [2.75, 3.05) is 14.2 Å². The number of carbonyl (C=O) groups excluding carboxylic acids is 1. The Morgan fingerprint density at radius 1 is 1.35 bits per heavy atom. The summed E-state index contributed by atoms with van der Waals surface area (Å²) in [5.74, 6) is 0.374. The van der Waals surface area contributed by atoms with E-state index >= 15 is 0 Å². The summed E-state index contributed by atoms with van der Waals surface area (Å²) in [5, 5.41) is 6.67. The number of H-pyrrole nitrogens is 1. The molecule has 0 saturated heterocycles. The molecular formula is C13H15N3O4. The van der Waals surface area contributed by atoms with Gasteiger partial charge in [0.2, 0.25) is 0 Å². The molecule has 0 fully saturated rings. The second kappa shape index (κ2) is 6.05. The van der Waals surface area contributed by atoms with Crippen LogP contribution in [0.1, 0.15) is 6.92 Å². The maximum Gasteiger partial charge on any atom is 0.346 e. The van der Waals surface area contributed by atoms with Gasteiger partial charge >= 0.3 is 5.97 Å². The van der Waals surface area contributed by atoms with Crippen molar-refractivity contribution in [1.29, 1.82) is 0 Å². The van der Waals surface area contributed by atoms with Gasteiger partial charge in [-0.25, -0.2) is 4.79 Å². The van der Waals surface area contributed by atoms with Crippen LogP contribution in [0.3, 0.4) is 0 Å². The molecule has 1 N–H and O–H groups in total. The molecule has 0 aliphatic rings. The Morgan fingerprint density at radius 2 is 2.15 bits per heavy atom. The zero-order chi connectivity index (χ0) is 14.5. The Labute approximate surface area is 115 Å². The van der Waals surface area contributed by atoms with E-state index in [0.717, 1.165) is 5.69 Å². The van der Waals surface area contributed by atoms with Crippen molar-refractivity contribution in [2.24, 2.45) is 0 Å². The zero-order valence-electron chi connectivity index (χ0n) is 11.4. The molecule has 0 amide bonds. The lowest BCUT2D eigenvalue weighted by atomic mass is 10.2. The number of methoxy groups -OCH3 is 2. The first kappa shape index (κ1) is 13.9. The van der Waals surface area contributed by atoms with Crippen LogP contribution < -0.4 is 9.47 Å². The van der Waals surface area contributed by atoms with Crippen LogP contribution in [-0.2, 0) is 9.53 Å². The Bertz CT molecular complexity index is 583. The van der Waals surface area contributed by atoms with Crippen molar-refractivity contribution in [3.05, 3.63) is 24.5 Å². The Hall–Kier alpha value is -2.57. The number of aromatic amines is 1. The van der Waals surface area contributed by atoms with Crippen LogP contribution >= 0.6 is 0 Å². The molecule has 2 rings (SSSR count). The number of aromatic nitrogens is 3. The molecule has 7 heteroatoms. The summed E-state index contributed by atoms with van der Waals surface area (Å²) in [4.78, 5) is 15.6. The predicted molar refractivity (Wildman–Crippen MR) is 70.5 cm³/mol. The lowest BCUT2D eigenvalue weighted by Crippen LogP contribution is -2.25. The second-order valence-electron chi connectivity index (χ2n) is 3.97. The van der Waals surface area contributed by atoms with Crippen LogP contribution in [0.2, 0.25) is 0 Å². The lowest BCUT2D eigenvalue weighted by Gasteiger charge is -2.15. The molecule has 0 aliphatic carbocycles. The van der Waals surface area contributed by atoms with Gasteiger partial charge in [0.15, 0.2) is 17.6 Å². The van der Waals surface area contributed by atoms with E-state index < -0.39 is 12.1 Å². The van der Waals surface area contributed by atoms with Gasteiger partial charge < -0.3 is 14.2 Å². The molecule has 0 aliphatic heterocycles. The number of carbonyl (C=O) groups is 1. The number of hydrogen-bond acceptors (Lipinski definition) is 6. The van der Waals surface area contributed by atoms with Crippen molar-refractivity contribution in [3.63, 3.8) is 0 Å². The first-order chi connectivity index (χ1) is 9.65. The van der Waals surface area contributed by atoms with E-state index in [0.29, 0.717) is 17.2 Å². The first-order valence-electron chi connectivity index (χ1n) is 5.94. The van der Waals surface area contributed by atoms with Gasteiger partial charge in [-0.2, -0.15) is 5.10 Å². The number of esters is 1. The van der Waals surface area contributed by atoms with Gasteiger partial charge in [-0.05, 0) is 13.0 Å². The van der Waals surface area contributed by atoms with E-state index in [1.165, 1.54) is 20.4 Å². The van der Waals surface area contributed by atoms with Gasteiger partial charge in [0.1, 0.15) is 0 Å². The molecular weight excluding hydrogens is 262 g/mol. The molecule has 1 atom stereocenters. The second-order valence-corrected chi connectivity index (χ2v) is 3.97. The van der Waals surface area contributed by atoms with Gasteiger partial charge in [-0.1, -0.05) is 0 Å². The van der Waals surface area contributed by atoms with Crippen molar-refractivity contribution in [2.45, 2.75) is 13.0 Å². The Kier molecular flexibility index (Phi) is 4.19. The highest BCUT2D eigenvalue weighted by Gasteiger charge is 2.18. The lowest BCUT2D eigenvalue weighted by molar-refractivity contribution is -0.147. The topological polar surface area (TPSA) is 86.3 Å². The molecule has 0 spiro atoms. The third-order valence-electron chi connectivity index (χ3n) is 2.67. The van der Waals surface area contributed by atoms with Gasteiger partial charge in [0, 0.05) is 12.3 Å². The highest BCUT2D eigenvalue weighted by atomic mass is 16.6. The highest BCUT2D eigenvalue weighted by molar-refractivity contribution is 5.74. The van der Waals surface area contributed by atoms with Gasteiger partial charge in [-0.15, -0.1) is 0 Å². The Morgan fingerprint density at radius 3 is 2.75 bits per heavy atom. The number of nitrogens with one attached hydrogen (secondary N) is 1. The number of rotatable bonds is 5. The first-order valence-corrected chi connectivity index (χ1v) is 5.94. The smallest absolute Gasteiger partial charge is 0.346 e. The Balaban J connectivity index is 2.24. The normalized spacial score (nSPS) is 11.8. The van der Waals surface area contributed by atoms with Crippen molar-refractivity contribution in [1.82, 2.24) is 15.2 Å². The molecule has 2 heterocycles. The summed E-state index contributed by atoms with van der Waals surface area (Å²) < 4.78 is 15.3. The molecule has 20 heavy (non-hydrogen) atoms. The van der Waals surface area contributed by atoms with E-state index in [-0.39, 0.29) is 0 Å². The third kappa shape index (κ3) is 2.87. The van der Waals surface area contributed by atoms with Gasteiger partial charge in [0.05, 0.1) is 31.8 Å². The molecule has 7 nitrogen and oxygen atoms in total. The molecule has 0 radical (unpaired) electrons. The van der Waals surface area contributed by atoms with Gasteiger partial charge in [-0.3, -0.25) is 10.1 Å². The van der Waals surface area contributed by atoms with E-state index in [1.807, 2.05) is 0 Å². The van der Waals surface area contributed by atoms with Gasteiger partial charge in [0.25, 0.3) is 0 Å². The van der Waals surface area contributed by atoms with E-state index in [9.17, 15) is 4.79 Å². The molecule has 0 bridgehead atoms. The molecule has 2 aromatic heterocycles. The standard InChI is InChI=1S/C13H15N3O4/c1-8(13(17)19-3)20-12-7-14-10(6-11(12)18-2)9-4-5-15-16-9/h4-8H,1-3H3,(H,15,16)/t8-/m0/s1.